The fourth-order valence-electron chi connectivity index (χ4n) is 3.82. The van der Waals surface area contributed by atoms with Crippen molar-refractivity contribution >= 4 is 11.0 Å². The van der Waals surface area contributed by atoms with E-state index in [0.717, 1.165) is 12.1 Å². The first-order chi connectivity index (χ1) is 16.7. The van der Waals surface area contributed by atoms with Gasteiger partial charge in [-0.1, -0.05) is 0 Å². The molecule has 0 radical (unpaired) electrons. The molecule has 1 fully saturated rings. The Morgan fingerprint density at radius 3 is 2.31 bits per heavy atom. The van der Waals surface area contributed by atoms with Crippen molar-refractivity contribution in [2.75, 3.05) is 20.8 Å². The maximum Gasteiger partial charge on any atom is 0.239 e. The molecule has 1 unspecified atom stereocenters. The fraction of sp³-hybridized carbons (Fsp3) is 0.348. The molecule has 2 aromatic carbocycles. The zero-order valence-corrected chi connectivity index (χ0v) is 18.6. The van der Waals surface area contributed by atoms with Crippen molar-refractivity contribution in [3.63, 3.8) is 0 Å². The molecule has 1 aromatic heterocycles. The summed E-state index contributed by atoms with van der Waals surface area (Å²) < 4.78 is 27.4. The molecule has 1 aliphatic rings. The lowest BCUT2D eigenvalue weighted by atomic mass is 9.99. The molecule has 12 nitrogen and oxygen atoms in total. The van der Waals surface area contributed by atoms with Crippen molar-refractivity contribution in [1.29, 1.82) is 0 Å². The van der Waals surface area contributed by atoms with E-state index in [4.69, 9.17) is 23.4 Å². The summed E-state index contributed by atoms with van der Waals surface area (Å²) in [6.07, 6.45) is -8.20. The lowest BCUT2D eigenvalue weighted by Gasteiger charge is -2.39. The van der Waals surface area contributed by atoms with Gasteiger partial charge in [0.15, 0.2) is 17.3 Å². The minimum Gasteiger partial charge on any atom is -0.508 e. The molecule has 1 aliphatic heterocycles. The van der Waals surface area contributed by atoms with E-state index >= 15 is 0 Å². The Bertz CT molecular complexity index is 1280. The highest BCUT2D eigenvalue weighted by Crippen LogP contribution is 2.39. The van der Waals surface area contributed by atoms with E-state index in [9.17, 15) is 35.4 Å². The number of ether oxygens (including phenoxy) is 4. The number of methoxy groups -OCH3 is 2. The van der Waals surface area contributed by atoms with Crippen molar-refractivity contribution in [2.24, 2.45) is 0 Å². The second-order valence-electron chi connectivity index (χ2n) is 7.81. The van der Waals surface area contributed by atoms with Crippen LogP contribution in [0.15, 0.2) is 39.5 Å². The van der Waals surface area contributed by atoms with E-state index < -0.39 is 54.2 Å². The van der Waals surface area contributed by atoms with E-state index in [0.29, 0.717) is 5.75 Å². The van der Waals surface area contributed by atoms with Crippen LogP contribution in [0.4, 0.5) is 0 Å². The minimum atomic E-state index is -1.81. The number of benzene rings is 2. The lowest BCUT2D eigenvalue weighted by molar-refractivity contribution is -0.277. The second-order valence-corrected chi connectivity index (χ2v) is 7.81. The fourth-order valence-corrected chi connectivity index (χ4v) is 3.82. The van der Waals surface area contributed by atoms with Gasteiger partial charge in [-0.15, -0.1) is 0 Å². The maximum atomic E-state index is 13.4. The Hall–Kier alpha value is -3.55. The largest absolute Gasteiger partial charge is 0.508 e. The number of phenolic OH excluding ortho intramolecular Hbond substituents is 2. The quantitative estimate of drug-likeness (QED) is 0.272. The van der Waals surface area contributed by atoms with Gasteiger partial charge in [0.2, 0.25) is 17.5 Å². The summed E-state index contributed by atoms with van der Waals surface area (Å²) in [7, 11) is 2.84. The highest BCUT2D eigenvalue weighted by molar-refractivity contribution is 5.88. The van der Waals surface area contributed by atoms with E-state index in [1.165, 1.54) is 32.4 Å². The Labute approximate surface area is 197 Å². The van der Waals surface area contributed by atoms with Gasteiger partial charge in [0.25, 0.3) is 0 Å². The average Bonchev–Trinajstić information content (AvgIpc) is 2.84. The highest BCUT2D eigenvalue weighted by Gasteiger charge is 2.45. The van der Waals surface area contributed by atoms with Crippen LogP contribution in [0, 0.1) is 0 Å². The van der Waals surface area contributed by atoms with E-state index in [1.54, 1.807) is 0 Å². The van der Waals surface area contributed by atoms with Crippen LogP contribution < -0.4 is 19.6 Å². The topological polar surface area (TPSA) is 189 Å². The van der Waals surface area contributed by atoms with Crippen LogP contribution in [0.25, 0.3) is 22.3 Å². The van der Waals surface area contributed by atoms with Gasteiger partial charge < -0.3 is 54.0 Å². The molecule has 0 bridgehead atoms. The van der Waals surface area contributed by atoms with Crippen molar-refractivity contribution in [1.82, 2.24) is 0 Å². The molecule has 6 N–H and O–H groups in total. The van der Waals surface area contributed by atoms with E-state index in [-0.39, 0.29) is 33.8 Å². The third-order valence-corrected chi connectivity index (χ3v) is 5.65. The molecule has 5 atom stereocenters. The predicted octanol–water partition coefficient (Wildman–Crippen LogP) is 0.0671. The van der Waals surface area contributed by atoms with Gasteiger partial charge in [-0.25, -0.2) is 0 Å². The van der Waals surface area contributed by atoms with Gasteiger partial charge in [-0.3, -0.25) is 4.79 Å². The summed E-state index contributed by atoms with van der Waals surface area (Å²) in [5.41, 5.74) is -0.798. The van der Waals surface area contributed by atoms with Gasteiger partial charge in [-0.2, -0.15) is 0 Å². The third-order valence-electron chi connectivity index (χ3n) is 5.65. The summed E-state index contributed by atoms with van der Waals surface area (Å²) in [5.74, 6) is -0.998. The third kappa shape index (κ3) is 4.33. The first kappa shape index (κ1) is 24.6. The lowest BCUT2D eigenvalue weighted by Crippen LogP contribution is -2.60. The number of hydrogen-bond acceptors (Lipinski definition) is 12. The molecule has 35 heavy (non-hydrogen) atoms. The van der Waals surface area contributed by atoms with Gasteiger partial charge in [0, 0.05) is 17.7 Å². The summed E-state index contributed by atoms with van der Waals surface area (Å²) >= 11 is 0. The first-order valence-electron chi connectivity index (χ1n) is 10.4. The number of phenols is 2. The van der Waals surface area contributed by atoms with Gasteiger partial charge >= 0.3 is 0 Å². The molecular formula is C23H24O12. The molecule has 0 amide bonds. The Morgan fingerprint density at radius 2 is 1.66 bits per heavy atom. The molecule has 12 heteroatoms. The second kappa shape index (κ2) is 9.60. The zero-order chi connectivity index (χ0) is 25.4. The molecule has 1 saturated heterocycles. The average molecular weight is 492 g/mol. The van der Waals surface area contributed by atoms with Crippen molar-refractivity contribution in [3.05, 3.63) is 40.6 Å². The molecule has 2 heterocycles. The summed E-state index contributed by atoms with van der Waals surface area (Å²) in [6, 6.07) is 6.60. The Balaban J connectivity index is 1.92. The van der Waals surface area contributed by atoms with Gasteiger partial charge in [-0.05, 0) is 18.2 Å². The normalized spacial score (nSPS) is 24.3. The number of hydrogen-bond donors (Lipinski definition) is 6. The number of aliphatic hydroxyl groups excluding tert-OH is 4. The van der Waals surface area contributed by atoms with Crippen LogP contribution in [0.3, 0.4) is 0 Å². The summed E-state index contributed by atoms with van der Waals surface area (Å²) in [5, 5.41) is 59.8. The minimum absolute atomic E-state index is 0.168. The van der Waals surface area contributed by atoms with Crippen LogP contribution in [0.1, 0.15) is 0 Å². The molecular weight excluding hydrogens is 468 g/mol. The van der Waals surface area contributed by atoms with Crippen molar-refractivity contribution < 1.29 is 54.0 Å². The van der Waals surface area contributed by atoms with E-state index in [1.807, 2.05) is 0 Å². The summed E-state index contributed by atoms with van der Waals surface area (Å²) in [6.45, 7) is -0.709. The van der Waals surface area contributed by atoms with Gasteiger partial charge in [0.05, 0.1) is 20.8 Å². The predicted molar refractivity (Wildman–Crippen MR) is 119 cm³/mol. The number of fused-ring (bicyclic) bond motifs is 1. The SMILES string of the molecule is COc1ccc(-c2oc3cc(O)cc(O)c3c(=O)c2OC2O[C@H](CO)[C@@H](O)[C@H](O)[C@H]2O)cc1OC. The molecule has 0 saturated carbocycles. The van der Waals surface area contributed by atoms with Crippen LogP contribution in [0.2, 0.25) is 0 Å². The standard InChI is InChI=1S/C23H24O12/c1-31-12-4-3-9(5-13(12)32-2)21-22(18(28)16-11(26)6-10(25)7-14(16)33-21)35-23-20(30)19(29)17(27)15(8-24)34-23/h3-7,15,17,19-20,23-27,29-30H,8H2,1-2H3/t15-,17-,19+,20-,23?/m1/s1. The molecule has 4 rings (SSSR count). The van der Waals surface area contributed by atoms with Crippen LogP contribution >= 0.6 is 0 Å². The van der Waals surface area contributed by atoms with Crippen LogP contribution in [0.5, 0.6) is 28.7 Å². The van der Waals surface area contributed by atoms with Gasteiger partial charge in [0.1, 0.15) is 46.9 Å². The van der Waals surface area contributed by atoms with Crippen molar-refractivity contribution in [2.45, 2.75) is 30.7 Å². The highest BCUT2D eigenvalue weighted by atomic mass is 16.7. The first-order valence-corrected chi connectivity index (χ1v) is 10.4. The zero-order valence-electron chi connectivity index (χ0n) is 18.6. The number of aromatic hydroxyl groups is 2. The molecule has 0 spiro atoms. The van der Waals surface area contributed by atoms with Crippen LogP contribution in [-0.4, -0.2) is 82.2 Å². The Morgan fingerprint density at radius 1 is 0.943 bits per heavy atom. The summed E-state index contributed by atoms with van der Waals surface area (Å²) in [4.78, 5) is 13.4. The maximum absolute atomic E-state index is 13.4. The van der Waals surface area contributed by atoms with E-state index in [2.05, 4.69) is 0 Å². The number of rotatable bonds is 6. The monoisotopic (exact) mass is 492 g/mol. The van der Waals surface area contributed by atoms with Crippen LogP contribution in [-0.2, 0) is 4.74 Å². The Kier molecular flexibility index (Phi) is 6.74. The van der Waals surface area contributed by atoms with Crippen molar-refractivity contribution in [3.8, 4) is 40.1 Å². The molecule has 3 aromatic rings. The number of aliphatic hydroxyl groups is 4. The molecule has 188 valence electrons. The molecule has 0 aliphatic carbocycles. The smallest absolute Gasteiger partial charge is 0.239 e.